The summed E-state index contributed by atoms with van der Waals surface area (Å²) in [5.74, 6) is 0.500. The molecule has 0 radical (unpaired) electrons. The molecule has 132 valence electrons. The second-order valence-corrected chi connectivity index (χ2v) is 6.77. The highest BCUT2D eigenvalue weighted by atomic mass is 16.5. The van der Waals surface area contributed by atoms with Crippen molar-refractivity contribution in [2.75, 3.05) is 0 Å². The van der Waals surface area contributed by atoms with E-state index in [1.165, 1.54) is 13.8 Å². The van der Waals surface area contributed by atoms with Gasteiger partial charge in [-0.2, -0.15) is 0 Å². The zero-order valence-corrected chi connectivity index (χ0v) is 15.6. The van der Waals surface area contributed by atoms with E-state index in [2.05, 4.69) is 13.8 Å². The van der Waals surface area contributed by atoms with Crippen LogP contribution >= 0.6 is 0 Å². The lowest BCUT2D eigenvalue weighted by Gasteiger charge is -2.27. The lowest BCUT2D eigenvalue weighted by molar-refractivity contribution is -0.132. The summed E-state index contributed by atoms with van der Waals surface area (Å²) in [7, 11) is 0. The molecule has 2 aromatic rings. The van der Waals surface area contributed by atoms with Crippen molar-refractivity contribution in [2.24, 2.45) is 0 Å². The maximum atomic E-state index is 11.2. The number of hydrogen-bond acceptors (Lipinski definition) is 4. The number of hydrogen-bond donors (Lipinski definition) is 0. The molecule has 0 amide bonds. The third-order valence-corrected chi connectivity index (χ3v) is 4.30. The Morgan fingerprint density at radius 2 is 1.12 bits per heavy atom. The van der Waals surface area contributed by atoms with Crippen LogP contribution in [-0.4, -0.2) is 11.9 Å². The van der Waals surface area contributed by atoms with Crippen molar-refractivity contribution in [3.05, 3.63) is 58.7 Å². The molecule has 0 heterocycles. The van der Waals surface area contributed by atoms with Crippen LogP contribution in [0.25, 0.3) is 0 Å². The molecule has 0 aliphatic carbocycles. The summed E-state index contributed by atoms with van der Waals surface area (Å²) in [6.07, 6.45) is 0. The van der Waals surface area contributed by atoms with Crippen molar-refractivity contribution in [1.82, 2.24) is 0 Å². The standard InChI is InChI=1S/C21H24O4/c1-13-11-17(7-9-19(13)24-15(3)22)21(5,6)18-8-10-20(14(2)12-18)25-16(4)23/h7-12H,1-6H3. The van der Waals surface area contributed by atoms with Crippen LogP contribution in [0.4, 0.5) is 0 Å². The number of rotatable bonds is 4. The van der Waals surface area contributed by atoms with Crippen molar-refractivity contribution in [3.63, 3.8) is 0 Å². The monoisotopic (exact) mass is 340 g/mol. The molecule has 0 N–H and O–H groups in total. The highest BCUT2D eigenvalue weighted by Gasteiger charge is 2.24. The third kappa shape index (κ3) is 4.27. The molecular weight excluding hydrogens is 316 g/mol. The van der Waals surface area contributed by atoms with Crippen LogP contribution in [-0.2, 0) is 15.0 Å². The number of carbonyl (C=O) groups excluding carboxylic acids is 2. The van der Waals surface area contributed by atoms with Gasteiger partial charge < -0.3 is 9.47 Å². The largest absolute Gasteiger partial charge is 0.426 e. The molecule has 2 rings (SSSR count). The van der Waals surface area contributed by atoms with Gasteiger partial charge in [0.25, 0.3) is 0 Å². The average molecular weight is 340 g/mol. The van der Waals surface area contributed by atoms with Gasteiger partial charge in [0.2, 0.25) is 0 Å². The second kappa shape index (κ2) is 7.09. The first-order valence-electron chi connectivity index (χ1n) is 8.20. The minimum absolute atomic E-state index is 0.251. The molecule has 0 saturated heterocycles. The number of benzene rings is 2. The molecule has 25 heavy (non-hydrogen) atoms. The topological polar surface area (TPSA) is 52.6 Å². The van der Waals surface area contributed by atoms with Gasteiger partial charge in [-0.15, -0.1) is 0 Å². The van der Waals surface area contributed by atoms with Crippen LogP contribution in [0, 0.1) is 13.8 Å². The van der Waals surface area contributed by atoms with Crippen LogP contribution in [0.3, 0.4) is 0 Å². The highest BCUT2D eigenvalue weighted by Crippen LogP contribution is 2.35. The quantitative estimate of drug-likeness (QED) is 0.608. The van der Waals surface area contributed by atoms with E-state index in [0.29, 0.717) is 11.5 Å². The van der Waals surface area contributed by atoms with E-state index in [0.717, 1.165) is 22.3 Å². The normalized spacial score (nSPS) is 11.1. The van der Waals surface area contributed by atoms with Crippen LogP contribution in [0.1, 0.15) is 49.9 Å². The number of esters is 2. The van der Waals surface area contributed by atoms with Gasteiger partial charge in [0.15, 0.2) is 0 Å². The number of carbonyl (C=O) groups is 2. The lowest BCUT2D eigenvalue weighted by Crippen LogP contribution is -2.19. The van der Waals surface area contributed by atoms with Gasteiger partial charge in [0.1, 0.15) is 11.5 Å². The molecule has 4 nitrogen and oxygen atoms in total. The maximum absolute atomic E-state index is 11.2. The number of ether oxygens (including phenoxy) is 2. The predicted molar refractivity (Wildman–Crippen MR) is 97.1 cm³/mol. The summed E-state index contributed by atoms with van der Waals surface area (Å²) in [5, 5.41) is 0. The van der Waals surface area contributed by atoms with E-state index in [4.69, 9.17) is 9.47 Å². The van der Waals surface area contributed by atoms with E-state index in [1.54, 1.807) is 0 Å². The van der Waals surface area contributed by atoms with Crippen LogP contribution < -0.4 is 9.47 Å². The maximum Gasteiger partial charge on any atom is 0.308 e. The molecule has 0 unspecified atom stereocenters. The minimum atomic E-state index is -0.327. The van der Waals surface area contributed by atoms with E-state index in [-0.39, 0.29) is 17.4 Å². The van der Waals surface area contributed by atoms with Crippen molar-refractivity contribution in [2.45, 2.75) is 47.0 Å². The fourth-order valence-electron chi connectivity index (χ4n) is 2.78. The average Bonchev–Trinajstić information content (AvgIpc) is 2.50. The van der Waals surface area contributed by atoms with Crippen molar-refractivity contribution < 1.29 is 19.1 Å². The summed E-state index contributed by atoms with van der Waals surface area (Å²) in [5.41, 5.74) is 3.79. The summed E-state index contributed by atoms with van der Waals surface area (Å²) in [4.78, 5) is 22.3. The Morgan fingerprint density at radius 1 is 0.760 bits per heavy atom. The zero-order chi connectivity index (χ0) is 18.8. The number of aryl methyl sites for hydroxylation is 2. The summed E-state index contributed by atoms with van der Waals surface area (Å²) in [6, 6.07) is 11.7. The van der Waals surface area contributed by atoms with Gasteiger partial charge >= 0.3 is 11.9 Å². The van der Waals surface area contributed by atoms with E-state index < -0.39 is 0 Å². The first-order valence-corrected chi connectivity index (χ1v) is 8.20. The summed E-state index contributed by atoms with van der Waals surface area (Å²) >= 11 is 0. The Morgan fingerprint density at radius 3 is 1.40 bits per heavy atom. The molecule has 0 aliphatic heterocycles. The van der Waals surface area contributed by atoms with Gasteiger partial charge in [-0.25, -0.2) is 0 Å². The van der Waals surface area contributed by atoms with E-state index in [1.807, 2.05) is 50.2 Å². The third-order valence-electron chi connectivity index (χ3n) is 4.30. The molecule has 4 heteroatoms. The Balaban J connectivity index is 2.38. The smallest absolute Gasteiger partial charge is 0.308 e. The molecule has 0 saturated carbocycles. The predicted octanol–water partition coefficient (Wildman–Crippen LogP) is 4.48. The Labute approximate surface area is 148 Å². The SMILES string of the molecule is CC(=O)Oc1ccc(C(C)(C)c2ccc(OC(C)=O)c(C)c2)cc1C. The Kier molecular flexibility index (Phi) is 5.31. The molecule has 0 spiro atoms. The molecule has 0 aromatic heterocycles. The first kappa shape index (κ1) is 18.7. The molecule has 2 aromatic carbocycles. The lowest BCUT2D eigenvalue weighted by atomic mass is 9.77. The minimum Gasteiger partial charge on any atom is -0.426 e. The van der Waals surface area contributed by atoms with Gasteiger partial charge in [-0.3, -0.25) is 9.59 Å². The molecule has 0 bridgehead atoms. The van der Waals surface area contributed by atoms with Crippen LogP contribution in [0.15, 0.2) is 36.4 Å². The Hall–Kier alpha value is -2.62. The first-order chi connectivity index (χ1) is 11.6. The Bertz CT molecular complexity index is 751. The van der Waals surface area contributed by atoms with Crippen molar-refractivity contribution in [3.8, 4) is 11.5 Å². The van der Waals surface area contributed by atoms with Gasteiger partial charge in [-0.05, 0) is 48.2 Å². The van der Waals surface area contributed by atoms with Crippen LogP contribution in [0.5, 0.6) is 11.5 Å². The summed E-state index contributed by atoms with van der Waals surface area (Å²) < 4.78 is 10.4. The summed E-state index contributed by atoms with van der Waals surface area (Å²) in [6.45, 7) is 10.9. The van der Waals surface area contributed by atoms with Gasteiger partial charge in [0.05, 0.1) is 0 Å². The highest BCUT2D eigenvalue weighted by molar-refractivity contribution is 5.70. The molecule has 0 fully saturated rings. The van der Waals surface area contributed by atoms with Crippen molar-refractivity contribution >= 4 is 11.9 Å². The zero-order valence-electron chi connectivity index (χ0n) is 15.6. The van der Waals surface area contributed by atoms with Crippen molar-refractivity contribution in [1.29, 1.82) is 0 Å². The molecule has 0 atom stereocenters. The molecule has 0 aliphatic rings. The fourth-order valence-corrected chi connectivity index (χ4v) is 2.78. The molecular formula is C21H24O4. The fraction of sp³-hybridized carbons (Fsp3) is 0.333. The van der Waals surface area contributed by atoms with Gasteiger partial charge in [-0.1, -0.05) is 38.1 Å². The second-order valence-electron chi connectivity index (χ2n) is 6.77. The van der Waals surface area contributed by atoms with Gasteiger partial charge in [0, 0.05) is 19.3 Å². The van der Waals surface area contributed by atoms with Crippen LogP contribution in [0.2, 0.25) is 0 Å². The van der Waals surface area contributed by atoms with E-state index in [9.17, 15) is 9.59 Å². The van der Waals surface area contributed by atoms with E-state index >= 15 is 0 Å².